The maximum Gasteiger partial charge on any atom is 0.263 e. The minimum Gasteiger partial charge on any atom is -0.205 e. The Bertz CT molecular complexity index is 292. The minimum absolute atomic E-state index is 0.163. The second-order valence-electron chi connectivity index (χ2n) is 3.18. The van der Waals surface area contributed by atoms with Crippen LogP contribution in [0, 0.1) is 0 Å². The van der Waals surface area contributed by atoms with Crippen LogP contribution in [0.2, 0.25) is 0 Å². The Hall–Kier alpha value is -0.920. The van der Waals surface area contributed by atoms with E-state index in [1.54, 1.807) is 6.07 Å². The summed E-state index contributed by atoms with van der Waals surface area (Å²) in [5.41, 5.74) is 2.53. The molecule has 0 atom stereocenters. The fourth-order valence-corrected chi connectivity index (χ4v) is 1.73. The van der Waals surface area contributed by atoms with Crippen molar-refractivity contribution in [3.8, 4) is 0 Å². The van der Waals surface area contributed by atoms with E-state index >= 15 is 0 Å². The molecule has 14 heavy (non-hydrogen) atoms. The molecule has 0 heterocycles. The second kappa shape index (κ2) is 5.08. The van der Waals surface area contributed by atoms with Crippen molar-refractivity contribution in [3.05, 3.63) is 34.9 Å². The maximum absolute atomic E-state index is 12.2. The molecule has 0 aromatic heterocycles. The second-order valence-corrected chi connectivity index (χ2v) is 3.18. The number of rotatable bonds is 1. The Balaban J connectivity index is 0.000000461. The van der Waals surface area contributed by atoms with E-state index in [2.05, 4.69) is 0 Å². The van der Waals surface area contributed by atoms with Crippen molar-refractivity contribution in [1.82, 2.24) is 0 Å². The number of benzene rings is 1. The molecule has 0 bridgehead atoms. The third kappa shape index (κ3) is 2.31. The zero-order chi connectivity index (χ0) is 10.6. The Labute approximate surface area is 84.0 Å². The highest BCUT2D eigenvalue weighted by molar-refractivity contribution is 5.35. The standard InChI is InChI=1S/C10H10F2.C2H6/c11-10(12)9-5-4-7-2-1-3-8(7)6-9;1-2/h4-6,10H,1-3H2;1-2H3. The van der Waals surface area contributed by atoms with E-state index in [0.717, 1.165) is 24.8 Å². The highest BCUT2D eigenvalue weighted by Gasteiger charge is 2.13. The van der Waals surface area contributed by atoms with Crippen LogP contribution in [0.25, 0.3) is 0 Å². The van der Waals surface area contributed by atoms with Gasteiger partial charge in [0, 0.05) is 5.56 Å². The molecule has 78 valence electrons. The SMILES string of the molecule is CC.FC(F)c1ccc2c(c1)CCC2. The van der Waals surface area contributed by atoms with Gasteiger partial charge in [0.2, 0.25) is 0 Å². The zero-order valence-corrected chi connectivity index (χ0v) is 8.69. The summed E-state index contributed by atoms with van der Waals surface area (Å²) in [6.45, 7) is 4.00. The van der Waals surface area contributed by atoms with Crippen LogP contribution in [0.5, 0.6) is 0 Å². The molecule has 1 aromatic carbocycles. The van der Waals surface area contributed by atoms with Crippen LogP contribution in [-0.2, 0) is 12.8 Å². The molecular weight excluding hydrogens is 182 g/mol. The highest BCUT2D eigenvalue weighted by atomic mass is 19.3. The number of fused-ring (bicyclic) bond motifs is 1. The Morgan fingerprint density at radius 2 is 1.71 bits per heavy atom. The first-order chi connectivity index (χ1) is 6.77. The number of alkyl halides is 2. The normalized spacial score (nSPS) is 13.5. The van der Waals surface area contributed by atoms with Gasteiger partial charge in [0.1, 0.15) is 0 Å². The van der Waals surface area contributed by atoms with E-state index in [1.807, 2.05) is 19.9 Å². The van der Waals surface area contributed by atoms with Gasteiger partial charge >= 0.3 is 0 Å². The summed E-state index contributed by atoms with van der Waals surface area (Å²) >= 11 is 0. The third-order valence-corrected chi connectivity index (χ3v) is 2.37. The summed E-state index contributed by atoms with van der Waals surface area (Å²) < 4.78 is 24.5. The van der Waals surface area contributed by atoms with E-state index in [9.17, 15) is 8.78 Å². The summed E-state index contributed by atoms with van der Waals surface area (Å²) in [6, 6.07) is 5.02. The van der Waals surface area contributed by atoms with Gasteiger partial charge in [-0.1, -0.05) is 26.0 Å². The Morgan fingerprint density at radius 3 is 2.36 bits per heavy atom. The lowest BCUT2D eigenvalue weighted by Crippen LogP contribution is -1.88. The van der Waals surface area contributed by atoms with Crippen molar-refractivity contribution >= 4 is 0 Å². The summed E-state index contributed by atoms with van der Waals surface area (Å²) in [7, 11) is 0. The first-order valence-corrected chi connectivity index (χ1v) is 5.17. The van der Waals surface area contributed by atoms with Gasteiger partial charge in [-0.3, -0.25) is 0 Å². The van der Waals surface area contributed by atoms with Crippen molar-refractivity contribution in [1.29, 1.82) is 0 Å². The van der Waals surface area contributed by atoms with E-state index in [4.69, 9.17) is 0 Å². The molecule has 0 radical (unpaired) electrons. The summed E-state index contributed by atoms with van der Waals surface area (Å²) in [5.74, 6) is 0. The molecule has 0 saturated carbocycles. The molecule has 2 rings (SSSR count). The van der Waals surface area contributed by atoms with Gasteiger partial charge in [-0.05, 0) is 36.5 Å². The van der Waals surface area contributed by atoms with Crippen molar-refractivity contribution in [2.75, 3.05) is 0 Å². The third-order valence-electron chi connectivity index (χ3n) is 2.37. The van der Waals surface area contributed by atoms with Gasteiger partial charge in [-0.2, -0.15) is 0 Å². The molecule has 0 fully saturated rings. The molecule has 0 amide bonds. The number of halogens is 2. The largest absolute Gasteiger partial charge is 0.263 e. The van der Waals surface area contributed by atoms with Crippen molar-refractivity contribution < 1.29 is 8.78 Å². The fraction of sp³-hybridized carbons (Fsp3) is 0.500. The van der Waals surface area contributed by atoms with E-state index < -0.39 is 6.43 Å². The van der Waals surface area contributed by atoms with Gasteiger partial charge < -0.3 is 0 Å². The predicted molar refractivity (Wildman–Crippen MR) is 54.8 cm³/mol. The van der Waals surface area contributed by atoms with Crippen LogP contribution in [0.4, 0.5) is 8.78 Å². The van der Waals surface area contributed by atoms with Gasteiger partial charge in [0.15, 0.2) is 0 Å². The summed E-state index contributed by atoms with van der Waals surface area (Å²) in [6.07, 6.45) is 0.812. The van der Waals surface area contributed by atoms with Crippen molar-refractivity contribution in [2.24, 2.45) is 0 Å². The first-order valence-electron chi connectivity index (χ1n) is 5.17. The molecule has 1 aromatic rings. The Kier molecular flexibility index (Phi) is 4.05. The van der Waals surface area contributed by atoms with Gasteiger partial charge in [0.25, 0.3) is 6.43 Å². The lowest BCUT2D eigenvalue weighted by atomic mass is 10.1. The predicted octanol–water partition coefficient (Wildman–Crippen LogP) is 4.14. The highest BCUT2D eigenvalue weighted by Crippen LogP contribution is 2.27. The molecule has 2 heteroatoms. The van der Waals surface area contributed by atoms with E-state index in [-0.39, 0.29) is 5.56 Å². The first kappa shape index (κ1) is 11.2. The monoisotopic (exact) mass is 198 g/mol. The lowest BCUT2D eigenvalue weighted by molar-refractivity contribution is 0.151. The van der Waals surface area contributed by atoms with Crippen LogP contribution in [0.15, 0.2) is 18.2 Å². The van der Waals surface area contributed by atoms with E-state index in [0.29, 0.717) is 0 Å². The fourth-order valence-electron chi connectivity index (χ4n) is 1.73. The van der Waals surface area contributed by atoms with Crippen LogP contribution in [-0.4, -0.2) is 0 Å². The quantitative estimate of drug-likeness (QED) is 0.636. The molecular formula is C12H16F2. The van der Waals surface area contributed by atoms with Crippen LogP contribution < -0.4 is 0 Å². The lowest BCUT2D eigenvalue weighted by Gasteiger charge is -2.02. The summed E-state index contributed by atoms with van der Waals surface area (Å²) in [5, 5.41) is 0. The van der Waals surface area contributed by atoms with Crippen molar-refractivity contribution in [2.45, 2.75) is 39.5 Å². The molecule has 0 saturated heterocycles. The topological polar surface area (TPSA) is 0 Å². The van der Waals surface area contributed by atoms with Gasteiger partial charge in [-0.25, -0.2) is 8.78 Å². The molecule has 0 N–H and O–H groups in total. The average molecular weight is 198 g/mol. The van der Waals surface area contributed by atoms with Crippen molar-refractivity contribution in [3.63, 3.8) is 0 Å². The van der Waals surface area contributed by atoms with Crippen LogP contribution >= 0.6 is 0 Å². The van der Waals surface area contributed by atoms with Crippen LogP contribution in [0.3, 0.4) is 0 Å². The van der Waals surface area contributed by atoms with Gasteiger partial charge in [-0.15, -0.1) is 0 Å². The van der Waals surface area contributed by atoms with Crippen LogP contribution in [0.1, 0.15) is 43.4 Å². The molecule has 1 aliphatic rings. The minimum atomic E-state index is -2.32. The van der Waals surface area contributed by atoms with E-state index in [1.165, 1.54) is 11.6 Å². The summed E-state index contributed by atoms with van der Waals surface area (Å²) in [4.78, 5) is 0. The maximum atomic E-state index is 12.2. The Morgan fingerprint density at radius 1 is 1.07 bits per heavy atom. The smallest absolute Gasteiger partial charge is 0.205 e. The molecule has 0 nitrogen and oxygen atoms in total. The molecule has 0 spiro atoms. The molecule has 0 aliphatic heterocycles. The van der Waals surface area contributed by atoms with Gasteiger partial charge in [0.05, 0.1) is 0 Å². The molecule has 0 unspecified atom stereocenters. The average Bonchev–Trinajstić information content (AvgIpc) is 2.67. The number of hydrogen-bond acceptors (Lipinski definition) is 0. The zero-order valence-electron chi connectivity index (χ0n) is 8.69. The molecule has 1 aliphatic carbocycles. The number of hydrogen-bond donors (Lipinski definition) is 0. The number of aryl methyl sites for hydroxylation is 2.